The number of rotatable bonds is 2. The lowest BCUT2D eigenvalue weighted by Gasteiger charge is -2.33. The minimum Gasteiger partial charge on any atom is -0.314 e. The van der Waals surface area contributed by atoms with Crippen LogP contribution in [0, 0.1) is 0 Å². The van der Waals surface area contributed by atoms with Gasteiger partial charge in [0.1, 0.15) is 0 Å². The lowest BCUT2D eigenvalue weighted by molar-refractivity contribution is 0.200. The number of nitrogens with one attached hydrogen (secondary N) is 1. The average molecular weight is 204 g/mol. The number of hydrogen-bond donors (Lipinski definition) is 1. The fraction of sp³-hybridized carbons (Fsp3) is 0.538. The zero-order valence-corrected chi connectivity index (χ0v) is 9.45. The molecule has 2 aliphatic rings. The van der Waals surface area contributed by atoms with Gasteiger partial charge in [0, 0.05) is 25.7 Å². The lowest BCUT2D eigenvalue weighted by atomic mass is 10.0. The van der Waals surface area contributed by atoms with Crippen molar-refractivity contribution < 1.29 is 0 Å². The molecule has 1 aliphatic heterocycles. The van der Waals surface area contributed by atoms with Crippen molar-refractivity contribution in [1.82, 2.24) is 10.2 Å². The molecule has 1 N–H and O–H groups in total. The van der Waals surface area contributed by atoms with Crippen LogP contribution in [0.1, 0.15) is 12.8 Å². The van der Waals surface area contributed by atoms with Gasteiger partial charge in [-0.2, -0.15) is 0 Å². The number of hydrogen-bond acceptors (Lipinski definition) is 2. The fourth-order valence-electron chi connectivity index (χ4n) is 2.12. The molecule has 0 bridgehead atoms. The van der Waals surface area contributed by atoms with Crippen molar-refractivity contribution in [3.05, 3.63) is 36.0 Å². The predicted molar refractivity (Wildman–Crippen MR) is 64.9 cm³/mol. The number of nitrogens with zero attached hydrogens (tertiary/aromatic N) is 1. The van der Waals surface area contributed by atoms with Gasteiger partial charge in [0.05, 0.1) is 0 Å². The Hall–Kier alpha value is -0.860. The smallest absolute Gasteiger partial charge is 0.0258 e. The van der Waals surface area contributed by atoms with Crippen LogP contribution in [-0.4, -0.2) is 37.6 Å². The fourth-order valence-corrected chi connectivity index (χ4v) is 2.12. The van der Waals surface area contributed by atoms with Gasteiger partial charge in [-0.1, -0.05) is 30.4 Å². The van der Waals surface area contributed by atoms with Gasteiger partial charge in [-0.15, -0.1) is 0 Å². The molecule has 1 heterocycles. The van der Waals surface area contributed by atoms with Crippen LogP contribution in [0.5, 0.6) is 0 Å². The van der Waals surface area contributed by atoms with Gasteiger partial charge in [0.2, 0.25) is 0 Å². The summed E-state index contributed by atoms with van der Waals surface area (Å²) in [7, 11) is 2.22. The van der Waals surface area contributed by atoms with Crippen LogP contribution >= 0.6 is 0 Å². The van der Waals surface area contributed by atoms with Crippen molar-refractivity contribution in [2.45, 2.75) is 18.9 Å². The molecular formula is C13H20N2. The first kappa shape index (κ1) is 10.7. The highest BCUT2D eigenvalue weighted by Gasteiger charge is 2.18. The second-order valence-electron chi connectivity index (χ2n) is 4.35. The normalized spacial score (nSPS) is 27.5. The van der Waals surface area contributed by atoms with Crippen LogP contribution in [0.15, 0.2) is 36.0 Å². The molecule has 0 amide bonds. The van der Waals surface area contributed by atoms with Crippen molar-refractivity contribution in [2.24, 2.45) is 0 Å². The van der Waals surface area contributed by atoms with E-state index in [0.29, 0.717) is 6.04 Å². The SMILES string of the molecule is CN1CCNC[C@H]1CC1=CC=CCC=C1. The molecule has 2 nitrogen and oxygen atoms in total. The first-order valence-electron chi connectivity index (χ1n) is 5.79. The largest absolute Gasteiger partial charge is 0.314 e. The second-order valence-corrected chi connectivity index (χ2v) is 4.35. The molecule has 1 saturated heterocycles. The molecule has 0 radical (unpaired) electrons. The third kappa shape index (κ3) is 3.05. The van der Waals surface area contributed by atoms with E-state index in [1.807, 2.05) is 0 Å². The third-order valence-electron chi connectivity index (χ3n) is 3.17. The molecule has 0 spiro atoms. The molecule has 1 aliphatic carbocycles. The van der Waals surface area contributed by atoms with E-state index in [2.05, 4.69) is 47.6 Å². The van der Waals surface area contributed by atoms with E-state index in [0.717, 1.165) is 32.5 Å². The van der Waals surface area contributed by atoms with E-state index >= 15 is 0 Å². The summed E-state index contributed by atoms with van der Waals surface area (Å²) in [6.07, 6.45) is 13.3. The summed E-state index contributed by atoms with van der Waals surface area (Å²) >= 11 is 0. The molecule has 0 aromatic heterocycles. The summed E-state index contributed by atoms with van der Waals surface area (Å²) in [5.41, 5.74) is 1.45. The zero-order chi connectivity index (χ0) is 10.5. The highest BCUT2D eigenvalue weighted by Crippen LogP contribution is 2.15. The van der Waals surface area contributed by atoms with E-state index in [9.17, 15) is 0 Å². The Morgan fingerprint density at radius 3 is 3.27 bits per heavy atom. The summed E-state index contributed by atoms with van der Waals surface area (Å²) in [5.74, 6) is 0. The Morgan fingerprint density at radius 2 is 2.40 bits per heavy atom. The van der Waals surface area contributed by atoms with E-state index in [-0.39, 0.29) is 0 Å². The minimum absolute atomic E-state index is 0.654. The first-order valence-corrected chi connectivity index (χ1v) is 5.79. The van der Waals surface area contributed by atoms with Crippen LogP contribution in [-0.2, 0) is 0 Å². The van der Waals surface area contributed by atoms with Gasteiger partial charge in [0.25, 0.3) is 0 Å². The Morgan fingerprint density at radius 1 is 1.47 bits per heavy atom. The summed E-state index contributed by atoms with van der Waals surface area (Å²) in [6.45, 7) is 3.41. The highest BCUT2D eigenvalue weighted by atomic mass is 15.2. The second kappa shape index (κ2) is 5.29. The van der Waals surface area contributed by atoms with E-state index in [4.69, 9.17) is 0 Å². The van der Waals surface area contributed by atoms with Crippen LogP contribution < -0.4 is 5.32 Å². The summed E-state index contributed by atoms with van der Waals surface area (Å²) in [5, 5.41) is 3.46. The maximum atomic E-state index is 3.46. The number of likely N-dealkylation sites (N-methyl/N-ethyl adjacent to an activating group) is 1. The first-order chi connectivity index (χ1) is 7.36. The lowest BCUT2D eigenvalue weighted by Crippen LogP contribution is -2.49. The van der Waals surface area contributed by atoms with Gasteiger partial charge in [0.15, 0.2) is 0 Å². The summed E-state index contributed by atoms with van der Waals surface area (Å²) in [6, 6.07) is 0.654. The van der Waals surface area contributed by atoms with E-state index in [1.165, 1.54) is 5.57 Å². The third-order valence-corrected chi connectivity index (χ3v) is 3.17. The summed E-state index contributed by atoms with van der Waals surface area (Å²) in [4.78, 5) is 2.46. The zero-order valence-electron chi connectivity index (χ0n) is 9.45. The molecule has 1 fully saturated rings. The molecule has 0 saturated carbocycles. The molecule has 2 rings (SSSR count). The van der Waals surface area contributed by atoms with Crippen molar-refractivity contribution in [3.8, 4) is 0 Å². The van der Waals surface area contributed by atoms with Gasteiger partial charge in [-0.3, -0.25) is 0 Å². The average Bonchev–Trinajstić information content (AvgIpc) is 2.50. The van der Waals surface area contributed by atoms with Crippen molar-refractivity contribution in [2.75, 3.05) is 26.7 Å². The molecule has 0 aromatic rings. The van der Waals surface area contributed by atoms with Gasteiger partial charge < -0.3 is 10.2 Å². The maximum Gasteiger partial charge on any atom is 0.0258 e. The molecule has 2 heteroatoms. The monoisotopic (exact) mass is 204 g/mol. The van der Waals surface area contributed by atoms with Crippen molar-refractivity contribution in [3.63, 3.8) is 0 Å². The number of piperazine rings is 1. The van der Waals surface area contributed by atoms with Crippen LogP contribution in [0.25, 0.3) is 0 Å². The van der Waals surface area contributed by atoms with Crippen LogP contribution in [0.3, 0.4) is 0 Å². The Kier molecular flexibility index (Phi) is 3.75. The molecule has 0 unspecified atom stereocenters. The molecule has 15 heavy (non-hydrogen) atoms. The minimum atomic E-state index is 0.654. The Bertz CT molecular complexity index is 289. The van der Waals surface area contributed by atoms with Gasteiger partial charge in [-0.25, -0.2) is 0 Å². The topological polar surface area (TPSA) is 15.3 Å². The van der Waals surface area contributed by atoms with Crippen LogP contribution in [0.4, 0.5) is 0 Å². The summed E-state index contributed by atoms with van der Waals surface area (Å²) < 4.78 is 0. The Labute approximate surface area is 92.3 Å². The van der Waals surface area contributed by atoms with E-state index in [1.54, 1.807) is 0 Å². The van der Waals surface area contributed by atoms with Gasteiger partial charge >= 0.3 is 0 Å². The maximum absolute atomic E-state index is 3.46. The van der Waals surface area contributed by atoms with Crippen molar-refractivity contribution in [1.29, 1.82) is 0 Å². The van der Waals surface area contributed by atoms with Gasteiger partial charge in [-0.05, 0) is 25.5 Å². The standard InChI is InChI=1S/C13H20N2/c1-15-9-8-14-11-13(15)10-12-6-4-2-3-5-7-12/h2,4-7,13-14H,3,8-11H2,1H3/t13-/m1/s1. The highest BCUT2D eigenvalue weighted by molar-refractivity contribution is 5.28. The molecule has 1 atom stereocenters. The van der Waals surface area contributed by atoms with E-state index < -0.39 is 0 Å². The molecular weight excluding hydrogens is 184 g/mol. The van der Waals surface area contributed by atoms with Crippen LogP contribution in [0.2, 0.25) is 0 Å². The molecule has 0 aromatic carbocycles. The molecule has 82 valence electrons. The predicted octanol–water partition coefficient (Wildman–Crippen LogP) is 1.72. The number of allylic oxidation sites excluding steroid dienone is 5. The Balaban J connectivity index is 1.94. The van der Waals surface area contributed by atoms with Crippen molar-refractivity contribution >= 4 is 0 Å². The quantitative estimate of drug-likeness (QED) is 0.737.